The molecule has 2 aliphatic heterocycles. The molecule has 194 valence electrons. The average molecular weight is 516 g/mol. The first-order chi connectivity index (χ1) is 17.6. The zero-order valence-corrected chi connectivity index (χ0v) is 20.0. The number of aryl methyl sites for hydroxylation is 1. The Balaban J connectivity index is 1.41. The van der Waals surface area contributed by atoms with Crippen molar-refractivity contribution in [2.24, 2.45) is 7.05 Å². The third-order valence-corrected chi connectivity index (χ3v) is 7.24. The van der Waals surface area contributed by atoms with Gasteiger partial charge in [-0.1, -0.05) is 12.1 Å². The maximum absolute atomic E-state index is 14.0. The summed E-state index contributed by atoms with van der Waals surface area (Å²) in [5.74, 6) is 0.782. The van der Waals surface area contributed by atoms with Crippen LogP contribution in [-0.4, -0.2) is 61.1 Å². The van der Waals surface area contributed by atoms with Crippen molar-refractivity contribution in [2.75, 3.05) is 26.3 Å². The second-order valence-corrected chi connectivity index (χ2v) is 9.95. The van der Waals surface area contributed by atoms with E-state index in [0.29, 0.717) is 30.9 Å². The molecule has 0 N–H and O–H groups in total. The molecule has 2 aliphatic rings. The van der Waals surface area contributed by atoms with E-state index < -0.39 is 23.6 Å². The molecule has 0 aliphatic carbocycles. The summed E-state index contributed by atoms with van der Waals surface area (Å²) in [6.45, 7) is 1.38. The van der Waals surface area contributed by atoms with Gasteiger partial charge in [-0.25, -0.2) is 9.18 Å². The van der Waals surface area contributed by atoms with E-state index in [2.05, 4.69) is 10.2 Å². The molecular formula is C25H24F4N6O2. The highest BCUT2D eigenvalue weighted by Crippen LogP contribution is 2.37. The van der Waals surface area contributed by atoms with Gasteiger partial charge in [0.2, 0.25) is 0 Å². The number of nitrogens with zero attached hydrogens (tertiary/aromatic N) is 6. The van der Waals surface area contributed by atoms with E-state index in [4.69, 9.17) is 4.74 Å². The minimum absolute atomic E-state index is 0.136. The number of benzene rings is 1. The summed E-state index contributed by atoms with van der Waals surface area (Å²) in [6, 6.07) is 8.25. The van der Waals surface area contributed by atoms with E-state index in [1.54, 1.807) is 23.4 Å². The van der Waals surface area contributed by atoms with Gasteiger partial charge in [-0.15, -0.1) is 10.2 Å². The lowest BCUT2D eigenvalue weighted by Gasteiger charge is -2.41. The minimum atomic E-state index is -4.66. The van der Waals surface area contributed by atoms with Crippen LogP contribution in [0.5, 0.6) is 0 Å². The van der Waals surface area contributed by atoms with Gasteiger partial charge in [0.25, 0.3) is 0 Å². The number of likely N-dealkylation sites (tertiary alicyclic amines) is 1. The van der Waals surface area contributed by atoms with E-state index in [0.717, 1.165) is 21.9 Å². The number of hydrogen-bond acceptors (Lipinski definition) is 5. The predicted molar refractivity (Wildman–Crippen MR) is 125 cm³/mol. The van der Waals surface area contributed by atoms with Crippen LogP contribution in [0.2, 0.25) is 0 Å². The van der Waals surface area contributed by atoms with Crippen molar-refractivity contribution < 1.29 is 22.3 Å². The number of imidazole rings is 1. The van der Waals surface area contributed by atoms with E-state index >= 15 is 0 Å². The predicted octanol–water partition coefficient (Wildman–Crippen LogP) is 2.90. The molecule has 0 bridgehead atoms. The van der Waals surface area contributed by atoms with Gasteiger partial charge in [-0.2, -0.15) is 13.2 Å². The van der Waals surface area contributed by atoms with Gasteiger partial charge in [0.1, 0.15) is 18.3 Å². The molecule has 2 saturated heterocycles. The van der Waals surface area contributed by atoms with Crippen LogP contribution in [0.3, 0.4) is 0 Å². The highest BCUT2D eigenvalue weighted by atomic mass is 19.4. The van der Waals surface area contributed by atoms with Gasteiger partial charge in [0, 0.05) is 50.9 Å². The summed E-state index contributed by atoms with van der Waals surface area (Å²) in [5.41, 5.74) is -0.479. The number of aromatic nitrogens is 5. The van der Waals surface area contributed by atoms with Crippen molar-refractivity contribution in [1.82, 2.24) is 28.6 Å². The molecule has 37 heavy (non-hydrogen) atoms. The van der Waals surface area contributed by atoms with Crippen LogP contribution in [0.1, 0.15) is 22.5 Å². The molecule has 5 heterocycles. The lowest BCUT2D eigenvalue weighted by molar-refractivity contribution is -0.136. The Morgan fingerprint density at radius 3 is 2.57 bits per heavy atom. The first-order valence-corrected chi connectivity index (χ1v) is 11.8. The van der Waals surface area contributed by atoms with E-state index in [-0.39, 0.29) is 30.6 Å². The van der Waals surface area contributed by atoms with Crippen LogP contribution in [0.15, 0.2) is 53.8 Å². The smallest absolute Gasteiger partial charge is 0.379 e. The van der Waals surface area contributed by atoms with Crippen molar-refractivity contribution in [3.05, 3.63) is 82.1 Å². The molecule has 4 aromatic rings. The number of rotatable bonds is 6. The summed E-state index contributed by atoms with van der Waals surface area (Å²) in [5, 5.41) is 8.11. The third kappa shape index (κ3) is 4.13. The quantitative estimate of drug-likeness (QED) is 0.369. The van der Waals surface area contributed by atoms with Gasteiger partial charge >= 0.3 is 11.9 Å². The average Bonchev–Trinajstić information content (AvgIpc) is 3.36. The molecule has 6 rings (SSSR count). The van der Waals surface area contributed by atoms with Crippen molar-refractivity contribution in [2.45, 2.75) is 30.7 Å². The maximum atomic E-state index is 14.0. The number of halogens is 4. The standard InChI is InChI=1S/C25H24F4N6O2/c1-32-15-30-31-22(32)7-24(13-37-14-24)17-3-2-4-19(6-17)34-12-21-20(25(27,28)29)5-16(9-35(21)23(34)36)8-33-10-18(26)11-33/h2-6,9,12,15,18H,7-8,10-11,13-14H2,1H3. The zero-order valence-electron chi connectivity index (χ0n) is 20.0. The van der Waals surface area contributed by atoms with E-state index in [9.17, 15) is 22.4 Å². The second kappa shape index (κ2) is 8.52. The first kappa shape index (κ1) is 23.9. The summed E-state index contributed by atoms with van der Waals surface area (Å²) < 4.78 is 64.8. The van der Waals surface area contributed by atoms with Crippen LogP contribution in [0.4, 0.5) is 17.6 Å². The number of fused-ring (bicyclic) bond motifs is 1. The Labute approximate surface area is 208 Å². The number of ether oxygens (including phenoxy) is 1. The summed E-state index contributed by atoms with van der Waals surface area (Å²) in [6.07, 6.45) is -0.814. The Morgan fingerprint density at radius 2 is 1.95 bits per heavy atom. The van der Waals surface area contributed by atoms with Crippen molar-refractivity contribution >= 4 is 5.52 Å². The molecular weight excluding hydrogens is 492 g/mol. The van der Waals surface area contributed by atoms with Crippen LogP contribution >= 0.6 is 0 Å². The molecule has 1 aromatic carbocycles. The highest BCUT2D eigenvalue weighted by Gasteiger charge is 2.42. The Hall–Kier alpha value is -3.51. The monoisotopic (exact) mass is 516 g/mol. The van der Waals surface area contributed by atoms with Gasteiger partial charge < -0.3 is 9.30 Å². The summed E-state index contributed by atoms with van der Waals surface area (Å²) in [4.78, 5) is 15.1. The van der Waals surface area contributed by atoms with Gasteiger partial charge in [-0.3, -0.25) is 13.9 Å². The van der Waals surface area contributed by atoms with E-state index in [1.807, 2.05) is 23.7 Å². The summed E-state index contributed by atoms with van der Waals surface area (Å²) in [7, 11) is 1.86. The fourth-order valence-electron chi connectivity index (χ4n) is 5.11. The lowest BCUT2D eigenvalue weighted by atomic mass is 9.75. The molecule has 0 radical (unpaired) electrons. The third-order valence-electron chi connectivity index (χ3n) is 7.24. The molecule has 2 fully saturated rings. The van der Waals surface area contributed by atoms with Crippen molar-refractivity contribution in [3.8, 4) is 5.69 Å². The van der Waals surface area contributed by atoms with E-state index in [1.165, 1.54) is 17.0 Å². The van der Waals surface area contributed by atoms with Crippen LogP contribution in [0.25, 0.3) is 11.2 Å². The first-order valence-electron chi connectivity index (χ1n) is 11.8. The Kier molecular flexibility index (Phi) is 5.50. The number of pyridine rings is 1. The SMILES string of the molecule is Cn1cnnc1CC1(c2cccc(-n3cc4c(C(F)(F)F)cc(CN5CC(F)C5)cn4c3=O)c2)COC1. The fraction of sp³-hybridized carbons (Fsp3) is 0.400. The van der Waals surface area contributed by atoms with Gasteiger partial charge in [-0.05, 0) is 29.3 Å². The molecule has 0 amide bonds. The van der Waals surface area contributed by atoms with Gasteiger partial charge in [0.15, 0.2) is 0 Å². The van der Waals surface area contributed by atoms with Crippen LogP contribution < -0.4 is 5.69 Å². The number of hydrogen-bond donors (Lipinski definition) is 0. The van der Waals surface area contributed by atoms with Crippen LogP contribution in [0, 0.1) is 0 Å². The normalized spacial score (nSPS) is 18.2. The zero-order chi connectivity index (χ0) is 25.9. The van der Waals surface area contributed by atoms with Crippen molar-refractivity contribution in [1.29, 1.82) is 0 Å². The Bertz CT molecular complexity index is 1530. The van der Waals surface area contributed by atoms with Crippen LogP contribution in [-0.2, 0) is 36.3 Å². The number of alkyl halides is 4. The maximum Gasteiger partial charge on any atom is 0.418 e. The molecule has 0 saturated carbocycles. The molecule has 0 atom stereocenters. The molecule has 3 aromatic heterocycles. The second-order valence-electron chi connectivity index (χ2n) is 9.95. The molecule has 12 heteroatoms. The fourth-order valence-corrected chi connectivity index (χ4v) is 5.11. The topological polar surface area (TPSA) is 69.6 Å². The molecule has 8 nitrogen and oxygen atoms in total. The van der Waals surface area contributed by atoms with Crippen molar-refractivity contribution in [3.63, 3.8) is 0 Å². The minimum Gasteiger partial charge on any atom is -0.379 e. The van der Waals surface area contributed by atoms with Gasteiger partial charge in [0.05, 0.1) is 30.0 Å². The highest BCUT2D eigenvalue weighted by molar-refractivity contribution is 5.58. The largest absolute Gasteiger partial charge is 0.418 e. The molecule has 0 unspecified atom stereocenters. The lowest BCUT2D eigenvalue weighted by Crippen LogP contribution is -2.49. The molecule has 0 spiro atoms. The summed E-state index contributed by atoms with van der Waals surface area (Å²) >= 11 is 0. The Morgan fingerprint density at radius 1 is 1.16 bits per heavy atom.